The summed E-state index contributed by atoms with van der Waals surface area (Å²) >= 11 is 4.66. The quantitative estimate of drug-likeness (QED) is 0.404. The standard InChI is InChI=1S/C16H27NO3S/c1-4-16(21,5-2)13-11-14(19)17(15(13)20)10-8-6-7-9-12(3)18/h13,21H,4-11H2,1-3H3. The minimum absolute atomic E-state index is 0.0646. The van der Waals surface area contributed by atoms with Crippen LogP contribution in [-0.4, -0.2) is 33.8 Å². The number of imide groups is 1. The van der Waals surface area contributed by atoms with E-state index < -0.39 is 0 Å². The lowest BCUT2D eigenvalue weighted by atomic mass is 9.85. The average molecular weight is 313 g/mol. The summed E-state index contributed by atoms with van der Waals surface area (Å²) in [5, 5.41) is 0. The van der Waals surface area contributed by atoms with E-state index in [0.29, 0.717) is 13.0 Å². The zero-order valence-electron chi connectivity index (χ0n) is 13.4. The van der Waals surface area contributed by atoms with Gasteiger partial charge in [-0.1, -0.05) is 20.3 Å². The third-order valence-electron chi connectivity index (χ3n) is 4.53. The lowest BCUT2D eigenvalue weighted by molar-refractivity contribution is -0.139. The Hall–Kier alpha value is -0.840. The van der Waals surface area contributed by atoms with Gasteiger partial charge in [-0.15, -0.1) is 0 Å². The van der Waals surface area contributed by atoms with Gasteiger partial charge in [-0.3, -0.25) is 14.5 Å². The molecule has 5 heteroatoms. The predicted octanol–water partition coefficient (Wildman–Crippen LogP) is 3.00. The minimum Gasteiger partial charge on any atom is -0.300 e. The Morgan fingerprint density at radius 2 is 1.86 bits per heavy atom. The first-order chi connectivity index (χ1) is 9.85. The van der Waals surface area contributed by atoms with E-state index in [0.717, 1.165) is 32.1 Å². The molecule has 0 radical (unpaired) electrons. The molecule has 0 aliphatic carbocycles. The average Bonchev–Trinajstić information content (AvgIpc) is 2.74. The highest BCUT2D eigenvalue weighted by atomic mass is 32.1. The summed E-state index contributed by atoms with van der Waals surface area (Å²) in [5.41, 5.74) is 0. The van der Waals surface area contributed by atoms with E-state index >= 15 is 0 Å². The molecule has 1 unspecified atom stereocenters. The summed E-state index contributed by atoms with van der Waals surface area (Å²) in [5.74, 6) is -0.239. The summed E-state index contributed by atoms with van der Waals surface area (Å²) in [6.45, 7) is 6.08. The van der Waals surface area contributed by atoms with Crippen LogP contribution in [0.4, 0.5) is 0 Å². The Labute approximate surface area is 133 Å². The van der Waals surface area contributed by atoms with Gasteiger partial charge in [-0.2, -0.15) is 12.6 Å². The Balaban J connectivity index is 2.52. The number of ketones is 1. The predicted molar refractivity (Wildman–Crippen MR) is 86.3 cm³/mol. The van der Waals surface area contributed by atoms with Crippen LogP contribution in [0.3, 0.4) is 0 Å². The molecule has 0 saturated carbocycles. The summed E-state index contributed by atoms with van der Waals surface area (Å²) in [4.78, 5) is 36.8. The minimum atomic E-state index is -0.379. The number of hydrogen-bond acceptors (Lipinski definition) is 4. The number of unbranched alkanes of at least 4 members (excludes halogenated alkanes) is 2. The van der Waals surface area contributed by atoms with Crippen LogP contribution < -0.4 is 0 Å². The second-order valence-corrected chi connectivity index (χ2v) is 6.85. The fraction of sp³-hybridized carbons (Fsp3) is 0.812. The molecule has 0 aromatic carbocycles. The van der Waals surface area contributed by atoms with Crippen molar-refractivity contribution in [3.8, 4) is 0 Å². The summed E-state index contributed by atoms with van der Waals surface area (Å²) < 4.78 is -0.379. The van der Waals surface area contributed by atoms with Crippen LogP contribution in [0.15, 0.2) is 0 Å². The number of thiol groups is 1. The topological polar surface area (TPSA) is 54.5 Å². The molecule has 1 atom stereocenters. The van der Waals surface area contributed by atoms with Crippen LogP contribution in [0.25, 0.3) is 0 Å². The number of hydrogen-bond donors (Lipinski definition) is 1. The maximum atomic E-state index is 12.5. The number of Topliss-reactive ketones (excluding diaryl/α,β-unsaturated/α-hetero) is 1. The molecule has 0 spiro atoms. The number of likely N-dealkylation sites (tertiary alicyclic amines) is 1. The van der Waals surface area contributed by atoms with Gasteiger partial charge in [0.2, 0.25) is 11.8 Å². The molecule has 1 fully saturated rings. The fourth-order valence-corrected chi connectivity index (χ4v) is 3.10. The van der Waals surface area contributed by atoms with E-state index in [-0.39, 0.29) is 34.7 Å². The lowest BCUT2D eigenvalue weighted by Gasteiger charge is -2.30. The first kappa shape index (κ1) is 18.2. The number of rotatable bonds is 9. The molecule has 1 aliphatic heterocycles. The highest BCUT2D eigenvalue weighted by molar-refractivity contribution is 7.81. The molecule has 1 saturated heterocycles. The normalized spacial score (nSPS) is 19.4. The zero-order chi connectivity index (χ0) is 16.0. The highest BCUT2D eigenvalue weighted by Gasteiger charge is 2.47. The molecular weight excluding hydrogens is 286 g/mol. The molecule has 120 valence electrons. The van der Waals surface area contributed by atoms with E-state index in [4.69, 9.17) is 0 Å². The molecule has 0 bridgehead atoms. The van der Waals surface area contributed by atoms with Crippen molar-refractivity contribution in [2.45, 2.75) is 70.5 Å². The van der Waals surface area contributed by atoms with Crippen LogP contribution in [0.1, 0.15) is 65.7 Å². The van der Waals surface area contributed by atoms with Crippen LogP contribution in [0.5, 0.6) is 0 Å². The number of carbonyl (C=O) groups is 3. The van der Waals surface area contributed by atoms with Gasteiger partial charge < -0.3 is 4.79 Å². The van der Waals surface area contributed by atoms with Gasteiger partial charge in [-0.05, 0) is 32.6 Å². The fourth-order valence-electron chi connectivity index (χ4n) is 2.90. The largest absolute Gasteiger partial charge is 0.300 e. The van der Waals surface area contributed by atoms with Crippen LogP contribution in [0.2, 0.25) is 0 Å². The van der Waals surface area contributed by atoms with E-state index in [1.807, 2.05) is 13.8 Å². The van der Waals surface area contributed by atoms with Gasteiger partial charge in [-0.25, -0.2) is 0 Å². The van der Waals surface area contributed by atoms with Gasteiger partial charge in [0.15, 0.2) is 0 Å². The van der Waals surface area contributed by atoms with Crippen molar-refractivity contribution < 1.29 is 14.4 Å². The van der Waals surface area contributed by atoms with Gasteiger partial charge >= 0.3 is 0 Å². The molecule has 0 aromatic rings. The summed E-state index contributed by atoms with van der Waals surface area (Å²) in [6, 6.07) is 0. The molecule has 1 rings (SSSR count). The number of amides is 2. The molecule has 1 aliphatic rings. The Morgan fingerprint density at radius 1 is 1.24 bits per heavy atom. The Morgan fingerprint density at radius 3 is 2.38 bits per heavy atom. The maximum Gasteiger partial charge on any atom is 0.234 e. The van der Waals surface area contributed by atoms with Crippen LogP contribution in [0, 0.1) is 5.92 Å². The molecule has 0 N–H and O–H groups in total. The summed E-state index contributed by atoms with van der Waals surface area (Å²) in [6.07, 6.45) is 4.90. The first-order valence-corrected chi connectivity index (χ1v) is 8.36. The van der Waals surface area contributed by atoms with Crippen molar-refractivity contribution in [3.63, 3.8) is 0 Å². The molecular formula is C16H27NO3S. The summed E-state index contributed by atoms with van der Waals surface area (Å²) in [7, 11) is 0. The second kappa shape index (κ2) is 7.97. The van der Waals surface area contributed by atoms with Gasteiger partial charge in [0.05, 0.1) is 5.92 Å². The van der Waals surface area contributed by atoms with Gasteiger partial charge in [0.25, 0.3) is 0 Å². The monoisotopic (exact) mass is 313 g/mol. The molecule has 1 heterocycles. The van der Waals surface area contributed by atoms with E-state index in [1.54, 1.807) is 6.92 Å². The lowest BCUT2D eigenvalue weighted by Crippen LogP contribution is -2.38. The highest BCUT2D eigenvalue weighted by Crippen LogP contribution is 2.39. The van der Waals surface area contributed by atoms with E-state index in [1.165, 1.54) is 4.90 Å². The molecule has 21 heavy (non-hydrogen) atoms. The van der Waals surface area contributed by atoms with Crippen molar-refractivity contribution >= 4 is 30.2 Å². The maximum absolute atomic E-state index is 12.5. The third kappa shape index (κ3) is 4.56. The van der Waals surface area contributed by atoms with Crippen LogP contribution >= 0.6 is 12.6 Å². The molecule has 0 aromatic heterocycles. The van der Waals surface area contributed by atoms with Crippen molar-refractivity contribution in [1.29, 1.82) is 0 Å². The molecule has 2 amide bonds. The zero-order valence-corrected chi connectivity index (χ0v) is 14.2. The second-order valence-electron chi connectivity index (χ2n) is 5.96. The Bertz CT molecular complexity index is 404. The Kier molecular flexibility index (Phi) is 6.91. The number of carbonyl (C=O) groups excluding carboxylic acids is 3. The third-order valence-corrected chi connectivity index (χ3v) is 5.47. The van der Waals surface area contributed by atoms with Crippen molar-refractivity contribution in [2.24, 2.45) is 5.92 Å². The smallest absolute Gasteiger partial charge is 0.234 e. The van der Waals surface area contributed by atoms with Crippen LogP contribution in [-0.2, 0) is 14.4 Å². The van der Waals surface area contributed by atoms with E-state index in [9.17, 15) is 14.4 Å². The van der Waals surface area contributed by atoms with Gasteiger partial charge in [0.1, 0.15) is 5.78 Å². The van der Waals surface area contributed by atoms with Crippen molar-refractivity contribution in [2.75, 3.05) is 6.54 Å². The molecule has 4 nitrogen and oxygen atoms in total. The SMILES string of the molecule is CCC(S)(CC)C1CC(=O)N(CCCCCC(C)=O)C1=O. The number of nitrogens with zero attached hydrogens (tertiary/aromatic N) is 1. The van der Waals surface area contributed by atoms with Crippen molar-refractivity contribution in [1.82, 2.24) is 4.90 Å². The first-order valence-electron chi connectivity index (χ1n) is 7.91. The van der Waals surface area contributed by atoms with Crippen molar-refractivity contribution in [3.05, 3.63) is 0 Å². The van der Waals surface area contributed by atoms with Gasteiger partial charge in [0, 0.05) is 24.1 Å². The van der Waals surface area contributed by atoms with E-state index in [2.05, 4.69) is 12.6 Å².